The molecule has 0 spiro atoms. The molecule has 84 valence electrons. The maximum Gasteiger partial charge on any atom is 0.118 e. The number of imidazole rings is 1. The first-order chi connectivity index (χ1) is 7.48. The molecule has 1 heterocycles. The van der Waals surface area contributed by atoms with Crippen molar-refractivity contribution in [3.05, 3.63) is 42.5 Å². The number of phenols is 1. The Kier molecular flexibility index (Phi) is 2.46. The van der Waals surface area contributed by atoms with E-state index in [9.17, 15) is 5.11 Å². The average Bonchev–Trinajstić information content (AvgIpc) is 2.65. The summed E-state index contributed by atoms with van der Waals surface area (Å²) in [7, 11) is 0. The molecule has 0 aliphatic rings. The van der Waals surface area contributed by atoms with Gasteiger partial charge in [0.15, 0.2) is 0 Å². The second-order valence-electron chi connectivity index (χ2n) is 4.89. The maximum atomic E-state index is 9.47. The molecule has 0 atom stereocenters. The van der Waals surface area contributed by atoms with Gasteiger partial charge < -0.3 is 9.67 Å². The normalized spacial score (nSPS) is 11.7. The molecular weight excluding hydrogens is 200 g/mol. The van der Waals surface area contributed by atoms with Crippen LogP contribution >= 0.6 is 0 Å². The monoisotopic (exact) mass is 216 g/mol. The minimum Gasteiger partial charge on any atom is -0.508 e. The van der Waals surface area contributed by atoms with Crippen LogP contribution in [-0.2, 0) is 5.41 Å². The number of aromatic nitrogens is 2. The van der Waals surface area contributed by atoms with E-state index in [0.29, 0.717) is 0 Å². The van der Waals surface area contributed by atoms with Gasteiger partial charge in [0.1, 0.15) is 11.6 Å². The number of hydrogen-bond acceptors (Lipinski definition) is 2. The molecule has 3 heteroatoms. The third-order valence-corrected chi connectivity index (χ3v) is 2.42. The molecule has 2 aromatic rings. The summed E-state index contributed by atoms with van der Waals surface area (Å²) in [5, 5.41) is 9.47. The molecule has 0 unspecified atom stereocenters. The second kappa shape index (κ2) is 3.67. The molecule has 1 N–H and O–H groups in total. The standard InChI is InChI=1S/C13H16N2O/c1-13(2,3)12-14-7-8-15(12)10-5-4-6-11(16)9-10/h4-9,16H,1-3H3. The van der Waals surface area contributed by atoms with E-state index in [-0.39, 0.29) is 11.2 Å². The highest BCUT2D eigenvalue weighted by Crippen LogP contribution is 2.24. The minimum atomic E-state index is -0.0189. The molecule has 16 heavy (non-hydrogen) atoms. The first kappa shape index (κ1) is 10.7. The Bertz CT molecular complexity index is 495. The number of hydrogen-bond donors (Lipinski definition) is 1. The number of benzene rings is 1. The van der Waals surface area contributed by atoms with Gasteiger partial charge in [-0.3, -0.25) is 0 Å². The zero-order valence-corrected chi connectivity index (χ0v) is 9.81. The van der Waals surface area contributed by atoms with E-state index in [1.165, 1.54) is 0 Å². The van der Waals surface area contributed by atoms with Crippen LogP contribution in [0.3, 0.4) is 0 Å². The molecule has 3 nitrogen and oxygen atoms in total. The van der Waals surface area contributed by atoms with Crippen LogP contribution in [0.5, 0.6) is 5.75 Å². The topological polar surface area (TPSA) is 38.0 Å². The summed E-state index contributed by atoms with van der Waals surface area (Å²) < 4.78 is 2.00. The molecule has 0 amide bonds. The van der Waals surface area contributed by atoms with Crippen molar-refractivity contribution < 1.29 is 5.11 Å². The molecule has 0 saturated heterocycles. The average molecular weight is 216 g/mol. The molecule has 0 radical (unpaired) electrons. The summed E-state index contributed by atoms with van der Waals surface area (Å²) in [6.45, 7) is 6.36. The number of aromatic hydroxyl groups is 1. The van der Waals surface area contributed by atoms with Crippen molar-refractivity contribution in [3.8, 4) is 11.4 Å². The fraction of sp³-hybridized carbons (Fsp3) is 0.308. The van der Waals surface area contributed by atoms with Gasteiger partial charge >= 0.3 is 0 Å². The van der Waals surface area contributed by atoms with Gasteiger partial charge in [0, 0.05) is 23.9 Å². The van der Waals surface area contributed by atoms with E-state index in [1.54, 1.807) is 18.3 Å². The molecule has 1 aromatic heterocycles. The number of rotatable bonds is 1. The highest BCUT2D eigenvalue weighted by molar-refractivity contribution is 5.40. The van der Waals surface area contributed by atoms with Gasteiger partial charge in [-0.15, -0.1) is 0 Å². The Morgan fingerprint density at radius 2 is 2.00 bits per heavy atom. The predicted molar refractivity (Wildman–Crippen MR) is 63.9 cm³/mol. The van der Waals surface area contributed by atoms with Crippen molar-refractivity contribution in [2.24, 2.45) is 0 Å². The van der Waals surface area contributed by atoms with Crippen LogP contribution in [0.1, 0.15) is 26.6 Å². The molecule has 0 aliphatic carbocycles. The quantitative estimate of drug-likeness (QED) is 0.796. The van der Waals surface area contributed by atoms with Crippen molar-refractivity contribution in [2.75, 3.05) is 0 Å². The van der Waals surface area contributed by atoms with Gasteiger partial charge in [-0.25, -0.2) is 4.98 Å². The van der Waals surface area contributed by atoms with Crippen LogP contribution in [0, 0.1) is 0 Å². The first-order valence-electron chi connectivity index (χ1n) is 5.32. The van der Waals surface area contributed by atoms with Crippen LogP contribution < -0.4 is 0 Å². The number of phenolic OH excluding ortho intramolecular Hbond substituents is 1. The van der Waals surface area contributed by atoms with Crippen molar-refractivity contribution in [1.82, 2.24) is 9.55 Å². The van der Waals surface area contributed by atoms with Crippen LogP contribution in [0.15, 0.2) is 36.7 Å². The summed E-state index contributed by atoms with van der Waals surface area (Å²) in [6.07, 6.45) is 3.69. The van der Waals surface area contributed by atoms with Gasteiger partial charge in [0.05, 0.1) is 5.69 Å². The van der Waals surface area contributed by atoms with Gasteiger partial charge in [0.25, 0.3) is 0 Å². The lowest BCUT2D eigenvalue weighted by Gasteiger charge is -2.19. The van der Waals surface area contributed by atoms with E-state index in [1.807, 2.05) is 22.9 Å². The number of nitrogens with zero attached hydrogens (tertiary/aromatic N) is 2. The third-order valence-electron chi connectivity index (χ3n) is 2.42. The van der Waals surface area contributed by atoms with Gasteiger partial charge in [-0.1, -0.05) is 26.8 Å². The Morgan fingerprint density at radius 1 is 1.25 bits per heavy atom. The summed E-state index contributed by atoms with van der Waals surface area (Å²) in [5.74, 6) is 1.25. The largest absolute Gasteiger partial charge is 0.508 e. The fourth-order valence-electron chi connectivity index (χ4n) is 1.71. The molecule has 0 fully saturated rings. The summed E-state index contributed by atoms with van der Waals surface area (Å²) in [4.78, 5) is 4.37. The lowest BCUT2D eigenvalue weighted by molar-refractivity contribution is 0.474. The van der Waals surface area contributed by atoms with E-state index in [2.05, 4.69) is 25.8 Å². The Balaban J connectivity index is 2.53. The van der Waals surface area contributed by atoms with Gasteiger partial charge in [0.2, 0.25) is 0 Å². The Morgan fingerprint density at radius 3 is 2.62 bits per heavy atom. The smallest absolute Gasteiger partial charge is 0.118 e. The first-order valence-corrected chi connectivity index (χ1v) is 5.32. The van der Waals surface area contributed by atoms with Crippen molar-refractivity contribution in [3.63, 3.8) is 0 Å². The highest BCUT2D eigenvalue weighted by Gasteiger charge is 2.20. The zero-order chi connectivity index (χ0) is 11.8. The molecule has 1 aromatic carbocycles. The predicted octanol–water partition coefficient (Wildman–Crippen LogP) is 2.88. The minimum absolute atomic E-state index is 0.0189. The summed E-state index contributed by atoms with van der Waals surface area (Å²) >= 11 is 0. The van der Waals surface area contributed by atoms with E-state index >= 15 is 0 Å². The highest BCUT2D eigenvalue weighted by atomic mass is 16.3. The Hall–Kier alpha value is -1.77. The molecular formula is C13H16N2O. The molecule has 0 saturated carbocycles. The van der Waals surface area contributed by atoms with Crippen LogP contribution in [0.4, 0.5) is 0 Å². The zero-order valence-electron chi connectivity index (χ0n) is 9.81. The SMILES string of the molecule is CC(C)(C)c1nccn1-c1cccc(O)c1. The molecule has 2 rings (SSSR count). The van der Waals surface area contributed by atoms with E-state index in [4.69, 9.17) is 0 Å². The van der Waals surface area contributed by atoms with Gasteiger partial charge in [-0.05, 0) is 12.1 Å². The van der Waals surface area contributed by atoms with E-state index in [0.717, 1.165) is 11.5 Å². The molecule has 0 bridgehead atoms. The van der Waals surface area contributed by atoms with Crippen molar-refractivity contribution >= 4 is 0 Å². The fourth-order valence-corrected chi connectivity index (χ4v) is 1.71. The maximum absolute atomic E-state index is 9.47. The lowest BCUT2D eigenvalue weighted by atomic mass is 9.95. The summed E-state index contributed by atoms with van der Waals surface area (Å²) in [6, 6.07) is 7.18. The second-order valence-corrected chi connectivity index (χ2v) is 4.89. The van der Waals surface area contributed by atoms with Crippen molar-refractivity contribution in [2.45, 2.75) is 26.2 Å². The van der Waals surface area contributed by atoms with Crippen LogP contribution in [0.2, 0.25) is 0 Å². The summed E-state index contributed by atoms with van der Waals surface area (Å²) in [5.41, 5.74) is 0.914. The lowest BCUT2D eigenvalue weighted by Crippen LogP contribution is -2.17. The van der Waals surface area contributed by atoms with Crippen LogP contribution in [-0.4, -0.2) is 14.7 Å². The van der Waals surface area contributed by atoms with Gasteiger partial charge in [-0.2, -0.15) is 0 Å². The van der Waals surface area contributed by atoms with Crippen molar-refractivity contribution in [1.29, 1.82) is 0 Å². The van der Waals surface area contributed by atoms with E-state index < -0.39 is 0 Å². The van der Waals surface area contributed by atoms with Crippen LogP contribution in [0.25, 0.3) is 5.69 Å². The molecule has 0 aliphatic heterocycles. The Labute approximate surface area is 95.4 Å². The third kappa shape index (κ3) is 1.94.